The molecule has 4 nitrogen and oxygen atoms in total. The average Bonchev–Trinajstić information content (AvgIpc) is 3.15. The summed E-state index contributed by atoms with van der Waals surface area (Å²) in [7, 11) is -6.93. The van der Waals surface area contributed by atoms with Gasteiger partial charge in [0.05, 0.1) is 56.4 Å². The van der Waals surface area contributed by atoms with Gasteiger partial charge in [-0.05, 0) is 55.1 Å². The zero-order chi connectivity index (χ0) is 51.9. The molecular weight excluding hydrogens is 1740 g/mol. The summed E-state index contributed by atoms with van der Waals surface area (Å²) in [5.41, 5.74) is -1.95. The van der Waals surface area contributed by atoms with E-state index in [1.54, 1.807) is 65.0 Å². The first-order valence-electron chi connectivity index (χ1n) is 17.8. The second kappa shape index (κ2) is 30.4. The molecule has 70 heavy (non-hydrogen) atoms. The summed E-state index contributed by atoms with van der Waals surface area (Å²) < 4.78 is 193. The molecule has 5 aromatic carbocycles. The van der Waals surface area contributed by atoms with E-state index < -0.39 is 140 Å². The van der Waals surface area contributed by atoms with E-state index in [0.29, 0.717) is 6.07 Å². The third kappa shape index (κ3) is 20.8. The zero-order valence-corrected chi connectivity index (χ0v) is 52.4. The molecule has 0 unspecified atom stereocenters. The Morgan fingerprint density at radius 3 is 1.14 bits per heavy atom. The Bertz CT molecular complexity index is 2460. The minimum absolute atomic E-state index is 0. The Morgan fingerprint density at radius 2 is 0.743 bits per heavy atom. The van der Waals surface area contributed by atoms with Gasteiger partial charge in [0.15, 0.2) is 23.3 Å². The quantitative estimate of drug-likeness (QED) is 0.0796. The molecule has 0 aromatic heterocycles. The summed E-state index contributed by atoms with van der Waals surface area (Å²) in [4.78, 5) is 20.7. The standard InChI is InChI=1S/C10H10F3O2Si.C9H10BrF3Si.C9H9BrF3Si.C7H2F3O2.C6H2BrF3.CH4.3Re/c1-16(2,3)9-7(12)5(10(14)15)4-6(11)8(9)13;2*1-14(2,3)9-7(12)5(10)4-6(11)8(9)13;8-4-2-6(10)5(9)1-3(4)7(11)12;7-3-1-5(9)6(10)2-4(3)8;;;;/h1-3H3,(H,14,15);4H,1-3H3;1-3H3;2H,(H,11,12);1-2H;1H4;;;/q-1;;2*-1;;;;;. The predicted molar refractivity (Wildman–Crippen MR) is 241 cm³/mol. The smallest absolute Gasteiger partial charge is 0.250 e. The molecule has 28 heteroatoms. The van der Waals surface area contributed by atoms with Crippen molar-refractivity contribution >= 4 is 99.5 Å². The summed E-state index contributed by atoms with van der Waals surface area (Å²) in [6, 6.07) is 7.13. The van der Waals surface area contributed by atoms with E-state index in [2.05, 4.69) is 47.8 Å². The van der Waals surface area contributed by atoms with Crippen molar-refractivity contribution < 1.29 is 147 Å². The summed E-state index contributed by atoms with van der Waals surface area (Å²) in [5, 5.41) is 16.2. The zero-order valence-electron chi connectivity index (χ0n) is 36.5. The van der Waals surface area contributed by atoms with Crippen molar-refractivity contribution in [2.45, 2.75) is 66.3 Å². The normalized spacial score (nSPS) is 10.6. The number of hydrogen-bond acceptors (Lipinski definition) is 2. The number of carbonyl (C=O) groups is 2. The molecule has 0 atom stereocenters. The molecule has 391 valence electrons. The molecule has 0 fully saturated rings. The number of benzene rings is 5. The molecule has 0 spiro atoms. The van der Waals surface area contributed by atoms with Gasteiger partial charge in [0.2, 0.25) is 0 Å². The van der Waals surface area contributed by atoms with Crippen molar-refractivity contribution in [2.24, 2.45) is 0 Å². The number of hydrogen-bond donors (Lipinski definition) is 2. The van der Waals surface area contributed by atoms with Gasteiger partial charge in [0, 0.05) is 102 Å². The number of aromatic carboxylic acids is 2. The van der Waals surface area contributed by atoms with Crippen LogP contribution in [0.2, 0.25) is 58.9 Å². The molecule has 0 aliphatic rings. The molecule has 2 N–H and O–H groups in total. The van der Waals surface area contributed by atoms with Crippen molar-refractivity contribution in [3.63, 3.8) is 0 Å². The van der Waals surface area contributed by atoms with Gasteiger partial charge >= 0.3 is 0 Å². The van der Waals surface area contributed by atoms with E-state index in [0.717, 1.165) is 12.1 Å². The Balaban J connectivity index is -0.000000386. The molecule has 0 bridgehead atoms. The molecule has 5 aromatic rings. The Labute approximate surface area is 463 Å². The molecule has 0 saturated heterocycles. The van der Waals surface area contributed by atoms with Crippen LogP contribution in [0.5, 0.6) is 0 Å². The number of halogens is 18. The molecule has 0 aliphatic carbocycles. The van der Waals surface area contributed by atoms with Gasteiger partial charge in [-0.2, -0.15) is 0 Å². The Hall–Kier alpha value is -1.93. The van der Waals surface area contributed by atoms with E-state index in [-0.39, 0.29) is 98.6 Å². The molecule has 0 amide bonds. The fourth-order valence-electron chi connectivity index (χ4n) is 4.90. The van der Waals surface area contributed by atoms with Gasteiger partial charge in [-0.1, -0.05) is 115 Å². The second-order valence-electron chi connectivity index (χ2n) is 16.1. The number of rotatable bonds is 5. The molecule has 3 radical (unpaired) electrons. The topological polar surface area (TPSA) is 74.6 Å². The van der Waals surface area contributed by atoms with Crippen LogP contribution in [0.4, 0.5) is 65.9 Å². The predicted octanol–water partition coefficient (Wildman–Crippen LogP) is 13.9. The maximum atomic E-state index is 13.7. The maximum Gasteiger partial charge on any atom is 0.250 e. The first-order valence-corrected chi connectivity index (χ1v) is 30.7. The summed E-state index contributed by atoms with van der Waals surface area (Å²) >= 11 is 8.37. The van der Waals surface area contributed by atoms with Crippen LogP contribution in [0.15, 0.2) is 37.7 Å². The Kier molecular flexibility index (Phi) is 32.4. The van der Waals surface area contributed by atoms with Crippen LogP contribution >= 0.6 is 47.8 Å². The summed E-state index contributed by atoms with van der Waals surface area (Å²) in [5.74, 6) is -20.4. The first kappa shape index (κ1) is 74.6. The van der Waals surface area contributed by atoms with Gasteiger partial charge in [0.1, 0.15) is 11.6 Å². The SMILES string of the molecule is C.C[Si](C)(C)c1c(F)c(F)[c-]c(Br)c1F.C[Si](C)(C)c1c(F)c(F)[c-]c(C(=O)O)c1F.C[Si](C)(C)c1c(F)c(F)cc(Br)c1F.Fc1cc(F)c(Br)cc1F.O=C(O)c1[c-]c(F)c(F)cc1F.[Re].[Re].[Re]. The third-order valence-corrected chi connectivity index (χ3v) is 15.4. The van der Waals surface area contributed by atoms with Crippen LogP contribution in [0, 0.1) is 105 Å². The van der Waals surface area contributed by atoms with Crippen LogP contribution in [0.1, 0.15) is 28.1 Å². The fraction of sp³-hybridized carbons (Fsp3) is 0.238. The van der Waals surface area contributed by atoms with Gasteiger partial charge in [-0.3, -0.25) is 26.3 Å². The van der Waals surface area contributed by atoms with Crippen molar-refractivity contribution in [1.29, 1.82) is 0 Å². The van der Waals surface area contributed by atoms with E-state index in [4.69, 9.17) is 10.2 Å². The van der Waals surface area contributed by atoms with E-state index in [9.17, 15) is 75.4 Å². The number of carboxylic acid groups (broad SMARTS) is 2. The average molecular weight is 1770 g/mol. The fourth-order valence-corrected chi connectivity index (χ4v) is 11.0. The van der Waals surface area contributed by atoms with Gasteiger partial charge in [-0.25, -0.2) is 39.5 Å². The second-order valence-corrected chi connectivity index (χ2v) is 33.6. The minimum atomic E-state index is -2.50. The molecule has 5 rings (SSSR count). The van der Waals surface area contributed by atoms with Crippen LogP contribution in [0.3, 0.4) is 0 Å². The third-order valence-electron chi connectivity index (χ3n) is 7.82. The molecule has 0 heterocycles. The molecular formula is C42H37Br3F15O4Re3Si3-3. The summed E-state index contributed by atoms with van der Waals surface area (Å²) in [6.07, 6.45) is 0. The summed E-state index contributed by atoms with van der Waals surface area (Å²) in [6.45, 7) is 15.3. The number of carboxylic acids is 2. The molecule has 0 aliphatic heterocycles. The minimum Gasteiger partial charge on any atom is -0.521 e. The van der Waals surface area contributed by atoms with Gasteiger partial charge < -0.3 is 19.8 Å². The van der Waals surface area contributed by atoms with Crippen molar-refractivity contribution in [3.05, 3.63) is 154 Å². The van der Waals surface area contributed by atoms with Crippen molar-refractivity contribution in [2.75, 3.05) is 0 Å². The van der Waals surface area contributed by atoms with Crippen molar-refractivity contribution in [3.8, 4) is 0 Å². The van der Waals surface area contributed by atoms with Crippen LogP contribution in [-0.2, 0) is 61.3 Å². The Morgan fingerprint density at radius 1 is 0.400 bits per heavy atom. The van der Waals surface area contributed by atoms with E-state index in [1.807, 2.05) is 6.07 Å². The van der Waals surface area contributed by atoms with E-state index >= 15 is 0 Å². The largest absolute Gasteiger partial charge is 0.521 e. The van der Waals surface area contributed by atoms with Crippen molar-refractivity contribution in [1.82, 2.24) is 0 Å². The first-order chi connectivity index (χ1) is 29.8. The molecule has 0 saturated carbocycles. The van der Waals surface area contributed by atoms with Gasteiger partial charge in [0.25, 0.3) is 11.9 Å². The maximum absolute atomic E-state index is 13.7. The monoisotopic (exact) mass is 1770 g/mol. The van der Waals surface area contributed by atoms with Crippen LogP contribution in [-0.4, -0.2) is 46.4 Å². The van der Waals surface area contributed by atoms with E-state index in [1.165, 1.54) is 6.07 Å². The van der Waals surface area contributed by atoms with Crippen LogP contribution < -0.4 is 15.6 Å². The van der Waals surface area contributed by atoms with Crippen LogP contribution in [0.25, 0.3) is 0 Å². The van der Waals surface area contributed by atoms with Gasteiger partial charge in [-0.15, -0.1) is 6.07 Å².